The van der Waals surface area contributed by atoms with Crippen LogP contribution in [0.1, 0.15) is 0 Å². The van der Waals surface area contributed by atoms with Crippen molar-refractivity contribution < 1.29 is 0 Å². The molecule has 0 saturated carbocycles. The second-order valence-electron chi connectivity index (χ2n) is 13.3. The van der Waals surface area contributed by atoms with Gasteiger partial charge in [0.15, 0.2) is 17.5 Å². The molecular weight excluding hydrogens is 645 g/mol. The highest BCUT2D eigenvalue weighted by atomic mass is 15.0. The zero-order chi connectivity index (χ0) is 35.1. The van der Waals surface area contributed by atoms with E-state index in [4.69, 9.17) is 15.0 Å². The van der Waals surface area contributed by atoms with Crippen molar-refractivity contribution in [3.05, 3.63) is 194 Å². The van der Waals surface area contributed by atoms with Gasteiger partial charge in [-0.05, 0) is 63.4 Å². The molecule has 10 rings (SSSR count). The highest BCUT2D eigenvalue weighted by molar-refractivity contribution is 6.15. The summed E-state index contributed by atoms with van der Waals surface area (Å²) in [6.45, 7) is 0. The number of nitrogens with zero attached hydrogens (tertiary/aromatic N) is 4. The molecule has 10 aromatic rings. The van der Waals surface area contributed by atoms with Gasteiger partial charge in [0.05, 0.1) is 11.0 Å². The van der Waals surface area contributed by atoms with Crippen LogP contribution in [0.5, 0.6) is 0 Å². The number of fused-ring (bicyclic) bond motifs is 4. The van der Waals surface area contributed by atoms with Gasteiger partial charge in [0.2, 0.25) is 0 Å². The molecule has 53 heavy (non-hydrogen) atoms. The van der Waals surface area contributed by atoms with Gasteiger partial charge < -0.3 is 4.57 Å². The first kappa shape index (κ1) is 30.6. The Kier molecular flexibility index (Phi) is 7.43. The molecule has 0 saturated heterocycles. The van der Waals surface area contributed by atoms with Crippen LogP contribution in [0.4, 0.5) is 0 Å². The van der Waals surface area contributed by atoms with Crippen molar-refractivity contribution in [2.24, 2.45) is 0 Å². The van der Waals surface area contributed by atoms with E-state index in [2.05, 4.69) is 174 Å². The molecule has 8 aromatic carbocycles. The van der Waals surface area contributed by atoms with E-state index in [1.54, 1.807) is 0 Å². The fourth-order valence-electron chi connectivity index (χ4n) is 7.45. The molecule has 0 amide bonds. The van der Waals surface area contributed by atoms with E-state index >= 15 is 0 Å². The lowest BCUT2D eigenvalue weighted by atomic mass is 10.0. The number of aromatic nitrogens is 4. The summed E-state index contributed by atoms with van der Waals surface area (Å²) in [5.41, 5.74) is 11.0. The largest absolute Gasteiger partial charge is 0.309 e. The summed E-state index contributed by atoms with van der Waals surface area (Å²) < 4.78 is 2.39. The highest BCUT2D eigenvalue weighted by Crippen LogP contribution is 2.38. The summed E-state index contributed by atoms with van der Waals surface area (Å²) in [4.78, 5) is 15.3. The van der Waals surface area contributed by atoms with E-state index < -0.39 is 0 Å². The highest BCUT2D eigenvalue weighted by Gasteiger charge is 2.18. The van der Waals surface area contributed by atoms with Crippen LogP contribution in [0.3, 0.4) is 0 Å². The van der Waals surface area contributed by atoms with Crippen molar-refractivity contribution in [1.82, 2.24) is 19.5 Å². The molecule has 0 fully saturated rings. The van der Waals surface area contributed by atoms with Crippen molar-refractivity contribution in [2.75, 3.05) is 0 Å². The van der Waals surface area contributed by atoms with E-state index in [0.717, 1.165) is 49.7 Å². The summed E-state index contributed by atoms with van der Waals surface area (Å²) >= 11 is 0. The second kappa shape index (κ2) is 12.9. The Morgan fingerprint density at radius 3 is 1.55 bits per heavy atom. The van der Waals surface area contributed by atoms with Crippen molar-refractivity contribution in [1.29, 1.82) is 0 Å². The Morgan fingerprint density at radius 2 is 0.830 bits per heavy atom. The monoisotopic (exact) mass is 676 g/mol. The topological polar surface area (TPSA) is 43.6 Å². The van der Waals surface area contributed by atoms with E-state index in [-0.39, 0.29) is 0 Å². The Labute approximate surface area is 307 Å². The fraction of sp³-hybridized carbons (Fsp3) is 0. The first-order chi connectivity index (χ1) is 26.3. The molecule has 0 aliphatic carbocycles. The van der Waals surface area contributed by atoms with Crippen LogP contribution in [0.2, 0.25) is 0 Å². The first-order valence-corrected chi connectivity index (χ1v) is 17.9. The Morgan fingerprint density at radius 1 is 0.302 bits per heavy atom. The minimum Gasteiger partial charge on any atom is -0.309 e. The maximum absolute atomic E-state index is 5.16. The number of hydrogen-bond donors (Lipinski definition) is 0. The molecule has 0 aliphatic rings. The van der Waals surface area contributed by atoms with Gasteiger partial charge in [0.1, 0.15) is 0 Å². The Balaban J connectivity index is 1.16. The predicted molar refractivity (Wildman–Crippen MR) is 219 cm³/mol. The van der Waals surface area contributed by atoms with E-state index in [1.165, 1.54) is 27.5 Å². The zero-order valence-corrected chi connectivity index (χ0v) is 28.8. The van der Waals surface area contributed by atoms with E-state index in [9.17, 15) is 0 Å². The Bertz CT molecular complexity index is 2910. The lowest BCUT2D eigenvalue weighted by molar-refractivity contribution is 1.08. The zero-order valence-electron chi connectivity index (χ0n) is 28.8. The molecule has 0 aliphatic heterocycles. The molecule has 248 valence electrons. The molecule has 2 aromatic heterocycles. The quantitative estimate of drug-likeness (QED) is 0.176. The van der Waals surface area contributed by atoms with Gasteiger partial charge in [-0.15, -0.1) is 0 Å². The maximum atomic E-state index is 5.16. The number of hydrogen-bond acceptors (Lipinski definition) is 3. The van der Waals surface area contributed by atoms with Gasteiger partial charge in [-0.1, -0.05) is 164 Å². The van der Waals surface area contributed by atoms with Gasteiger partial charge in [-0.25, -0.2) is 15.0 Å². The van der Waals surface area contributed by atoms with Gasteiger partial charge >= 0.3 is 0 Å². The van der Waals surface area contributed by atoms with Gasteiger partial charge in [0, 0.05) is 33.2 Å². The van der Waals surface area contributed by atoms with Crippen molar-refractivity contribution in [3.8, 4) is 62.1 Å². The summed E-state index contributed by atoms with van der Waals surface area (Å²) in [6.07, 6.45) is 0. The third-order valence-corrected chi connectivity index (χ3v) is 10.0. The van der Waals surface area contributed by atoms with Crippen LogP contribution in [-0.4, -0.2) is 19.5 Å². The van der Waals surface area contributed by atoms with Crippen molar-refractivity contribution in [2.45, 2.75) is 0 Å². The predicted octanol–water partition coefficient (Wildman–Crippen LogP) is 12.5. The Hall–Kier alpha value is -7.17. The molecule has 0 radical (unpaired) electrons. The van der Waals surface area contributed by atoms with Crippen LogP contribution in [-0.2, 0) is 0 Å². The summed E-state index contributed by atoms with van der Waals surface area (Å²) in [5.74, 6) is 1.93. The van der Waals surface area contributed by atoms with Crippen LogP contribution in [0.25, 0.3) is 94.7 Å². The number of rotatable bonds is 6. The average molecular weight is 677 g/mol. The lowest BCUT2D eigenvalue weighted by Crippen LogP contribution is -2.00. The van der Waals surface area contributed by atoms with E-state index in [0.29, 0.717) is 17.5 Å². The summed E-state index contributed by atoms with van der Waals surface area (Å²) in [5, 5.41) is 4.59. The SMILES string of the molecule is c1ccc(-c2ccc(-c3nc(-c4ccccc4)nc(-c4cccc5cc6c(cc45)c4ccccc4n6-c4cccc(-c5ccccc5)c4)n3)cc2)cc1. The molecule has 0 spiro atoms. The average Bonchev–Trinajstić information content (AvgIpc) is 3.56. The maximum Gasteiger partial charge on any atom is 0.164 e. The van der Waals surface area contributed by atoms with Gasteiger partial charge in [-0.2, -0.15) is 0 Å². The number of benzene rings is 8. The fourth-order valence-corrected chi connectivity index (χ4v) is 7.45. The van der Waals surface area contributed by atoms with Crippen LogP contribution in [0, 0.1) is 0 Å². The van der Waals surface area contributed by atoms with E-state index in [1.807, 2.05) is 24.3 Å². The third kappa shape index (κ3) is 5.54. The second-order valence-corrected chi connectivity index (χ2v) is 13.3. The smallest absolute Gasteiger partial charge is 0.164 e. The first-order valence-electron chi connectivity index (χ1n) is 17.9. The molecule has 4 nitrogen and oxygen atoms in total. The molecule has 0 unspecified atom stereocenters. The van der Waals surface area contributed by atoms with Gasteiger partial charge in [0.25, 0.3) is 0 Å². The normalized spacial score (nSPS) is 11.4. The van der Waals surface area contributed by atoms with Crippen LogP contribution >= 0.6 is 0 Å². The lowest BCUT2D eigenvalue weighted by Gasteiger charge is -2.12. The molecule has 0 N–H and O–H groups in total. The van der Waals surface area contributed by atoms with Crippen molar-refractivity contribution in [3.63, 3.8) is 0 Å². The molecule has 0 bridgehead atoms. The van der Waals surface area contributed by atoms with Crippen LogP contribution < -0.4 is 0 Å². The minimum absolute atomic E-state index is 0.640. The molecule has 4 heteroatoms. The summed E-state index contributed by atoms with van der Waals surface area (Å²) in [7, 11) is 0. The van der Waals surface area contributed by atoms with Crippen molar-refractivity contribution >= 4 is 32.6 Å². The molecule has 2 heterocycles. The standard InChI is InChI=1S/C49H32N4/c1-4-14-33(15-5-1)35-26-28-37(29-27-35)48-50-47(36-18-8-3-9-19-36)51-49(52-48)42-24-13-21-39-31-46-44(32-43(39)42)41-23-10-11-25-45(41)53(46)40-22-12-20-38(30-40)34-16-6-2-7-17-34/h1-32H. The van der Waals surface area contributed by atoms with Gasteiger partial charge in [-0.3, -0.25) is 0 Å². The minimum atomic E-state index is 0.640. The summed E-state index contributed by atoms with van der Waals surface area (Å²) in [6, 6.07) is 68.1. The molecular formula is C49H32N4. The number of para-hydroxylation sites is 1. The third-order valence-electron chi connectivity index (χ3n) is 10.0. The van der Waals surface area contributed by atoms with Crippen LogP contribution in [0.15, 0.2) is 194 Å². The molecule has 0 atom stereocenters.